The summed E-state index contributed by atoms with van der Waals surface area (Å²) < 4.78 is 32.0. The van der Waals surface area contributed by atoms with E-state index < -0.39 is 10.1 Å². The topological polar surface area (TPSA) is 69.4 Å². The molecule has 0 unspecified atom stereocenters. The van der Waals surface area contributed by atoms with Crippen molar-refractivity contribution in [2.75, 3.05) is 12.9 Å². The number of hydrogen-bond acceptors (Lipinski definition) is 5. The van der Waals surface area contributed by atoms with Crippen molar-refractivity contribution in [3.63, 3.8) is 0 Å². The summed E-state index contributed by atoms with van der Waals surface area (Å²) in [6.45, 7) is 1.92. The molecule has 112 valence electrons. The van der Waals surface area contributed by atoms with Crippen LogP contribution in [0.3, 0.4) is 0 Å². The smallest absolute Gasteiger partial charge is 0.264 e. The first-order chi connectivity index (χ1) is 9.44. The standard InChI is InChI=1S/C14H21NO4S/c1-11-13(9-10-18-20(2,16)17)15-14(19-11)8-7-12-5-3-4-6-12/h7-8,12H,3-6,9-10H2,1-2H3. The van der Waals surface area contributed by atoms with Crippen LogP contribution in [0.1, 0.15) is 43.0 Å². The predicted molar refractivity (Wildman–Crippen MR) is 76.7 cm³/mol. The molecular formula is C14H21NO4S. The number of rotatable bonds is 6. The quantitative estimate of drug-likeness (QED) is 0.755. The molecule has 20 heavy (non-hydrogen) atoms. The van der Waals surface area contributed by atoms with Crippen molar-refractivity contribution in [1.82, 2.24) is 4.98 Å². The molecule has 0 aromatic carbocycles. The molecule has 1 saturated carbocycles. The summed E-state index contributed by atoms with van der Waals surface area (Å²) in [4.78, 5) is 4.36. The van der Waals surface area contributed by atoms with Crippen molar-refractivity contribution in [2.45, 2.75) is 39.0 Å². The van der Waals surface area contributed by atoms with Crippen LogP contribution >= 0.6 is 0 Å². The van der Waals surface area contributed by atoms with E-state index in [2.05, 4.69) is 11.1 Å². The molecule has 0 aliphatic heterocycles. The van der Waals surface area contributed by atoms with Gasteiger partial charge in [-0.1, -0.05) is 18.9 Å². The Kier molecular flexibility index (Phi) is 4.99. The van der Waals surface area contributed by atoms with Crippen molar-refractivity contribution >= 4 is 16.2 Å². The Hall–Kier alpha value is -1.14. The van der Waals surface area contributed by atoms with E-state index in [1.165, 1.54) is 25.7 Å². The van der Waals surface area contributed by atoms with Crippen LogP contribution in [0.5, 0.6) is 0 Å². The van der Waals surface area contributed by atoms with Gasteiger partial charge >= 0.3 is 0 Å². The first kappa shape index (κ1) is 15.3. The summed E-state index contributed by atoms with van der Waals surface area (Å²) in [6, 6.07) is 0. The van der Waals surface area contributed by atoms with Crippen LogP contribution in [0.25, 0.3) is 6.08 Å². The molecule has 0 radical (unpaired) electrons. The van der Waals surface area contributed by atoms with Gasteiger partial charge in [0.2, 0.25) is 5.89 Å². The van der Waals surface area contributed by atoms with Crippen molar-refractivity contribution < 1.29 is 17.0 Å². The van der Waals surface area contributed by atoms with Gasteiger partial charge in [0, 0.05) is 6.42 Å². The van der Waals surface area contributed by atoms with E-state index >= 15 is 0 Å². The van der Waals surface area contributed by atoms with Crippen molar-refractivity contribution in [3.05, 3.63) is 23.4 Å². The third-order valence-corrected chi connectivity index (χ3v) is 4.05. The number of oxazole rings is 1. The van der Waals surface area contributed by atoms with Gasteiger partial charge in [-0.3, -0.25) is 4.18 Å². The van der Waals surface area contributed by atoms with E-state index in [0.29, 0.717) is 24.0 Å². The lowest BCUT2D eigenvalue weighted by Gasteiger charge is -1.98. The second-order valence-electron chi connectivity index (χ2n) is 5.23. The number of aromatic nitrogens is 1. The monoisotopic (exact) mass is 299 g/mol. The van der Waals surface area contributed by atoms with Crippen LogP contribution in [0, 0.1) is 12.8 Å². The number of nitrogens with zero attached hydrogens (tertiary/aromatic N) is 1. The van der Waals surface area contributed by atoms with Gasteiger partial charge < -0.3 is 4.42 Å². The van der Waals surface area contributed by atoms with E-state index in [-0.39, 0.29) is 6.61 Å². The minimum Gasteiger partial charge on any atom is -0.442 e. The number of hydrogen-bond donors (Lipinski definition) is 0. The lowest BCUT2D eigenvalue weighted by Crippen LogP contribution is -2.06. The van der Waals surface area contributed by atoms with Crippen molar-refractivity contribution in [2.24, 2.45) is 5.92 Å². The lowest BCUT2D eigenvalue weighted by molar-refractivity contribution is 0.324. The third kappa shape index (κ3) is 4.76. The van der Waals surface area contributed by atoms with Crippen LogP contribution in [-0.2, 0) is 20.7 Å². The lowest BCUT2D eigenvalue weighted by atomic mass is 10.1. The van der Waals surface area contributed by atoms with Gasteiger partial charge in [-0.25, -0.2) is 4.98 Å². The van der Waals surface area contributed by atoms with E-state index in [1.807, 2.05) is 13.0 Å². The highest BCUT2D eigenvalue weighted by atomic mass is 32.2. The highest BCUT2D eigenvalue weighted by Gasteiger charge is 2.13. The largest absolute Gasteiger partial charge is 0.442 e. The average Bonchev–Trinajstić information content (AvgIpc) is 2.95. The van der Waals surface area contributed by atoms with Gasteiger partial charge in [-0.15, -0.1) is 0 Å². The third-order valence-electron chi connectivity index (χ3n) is 3.46. The molecular weight excluding hydrogens is 278 g/mol. The molecule has 1 aromatic rings. The molecule has 5 nitrogen and oxygen atoms in total. The molecule has 0 N–H and O–H groups in total. The zero-order valence-electron chi connectivity index (χ0n) is 12.0. The fourth-order valence-electron chi connectivity index (χ4n) is 2.41. The average molecular weight is 299 g/mol. The molecule has 0 amide bonds. The Morgan fingerprint density at radius 3 is 2.75 bits per heavy atom. The minimum atomic E-state index is -3.39. The molecule has 1 aliphatic rings. The molecule has 1 fully saturated rings. The van der Waals surface area contributed by atoms with Gasteiger partial charge in [-0.2, -0.15) is 8.42 Å². The summed E-state index contributed by atoms with van der Waals surface area (Å²) >= 11 is 0. The second-order valence-corrected chi connectivity index (χ2v) is 6.88. The zero-order chi connectivity index (χ0) is 14.6. The van der Waals surface area contributed by atoms with Crippen molar-refractivity contribution in [3.8, 4) is 0 Å². The van der Waals surface area contributed by atoms with Crippen LogP contribution in [0.4, 0.5) is 0 Å². The Labute approximate surface area is 120 Å². The number of aryl methyl sites for hydroxylation is 1. The molecule has 6 heteroatoms. The SMILES string of the molecule is Cc1oc(C=CC2CCCC2)nc1CCOS(C)(=O)=O. The second kappa shape index (κ2) is 6.54. The summed E-state index contributed by atoms with van der Waals surface area (Å²) in [7, 11) is -3.39. The van der Waals surface area contributed by atoms with Gasteiger partial charge in [0.25, 0.3) is 10.1 Å². The minimum absolute atomic E-state index is 0.0952. The summed E-state index contributed by atoms with van der Waals surface area (Å²) in [5.74, 6) is 1.94. The Bertz CT molecular complexity index is 568. The van der Waals surface area contributed by atoms with E-state index in [0.717, 1.165) is 11.9 Å². The highest BCUT2D eigenvalue weighted by Crippen LogP contribution is 2.26. The maximum atomic E-state index is 10.9. The Morgan fingerprint density at radius 1 is 1.40 bits per heavy atom. The molecule has 0 atom stereocenters. The van der Waals surface area contributed by atoms with Crippen LogP contribution in [-0.4, -0.2) is 26.3 Å². The molecule has 1 heterocycles. The van der Waals surface area contributed by atoms with Gasteiger partial charge in [0.15, 0.2) is 0 Å². The molecule has 0 saturated heterocycles. The molecule has 2 rings (SSSR count). The van der Waals surface area contributed by atoms with E-state index in [1.54, 1.807) is 0 Å². The molecule has 0 bridgehead atoms. The normalized spacial score (nSPS) is 17.3. The van der Waals surface area contributed by atoms with Crippen LogP contribution in [0.15, 0.2) is 10.5 Å². The summed E-state index contributed by atoms with van der Waals surface area (Å²) in [5, 5.41) is 0. The fraction of sp³-hybridized carbons (Fsp3) is 0.643. The zero-order valence-corrected chi connectivity index (χ0v) is 12.8. The molecule has 1 aromatic heterocycles. The summed E-state index contributed by atoms with van der Waals surface area (Å²) in [6.07, 6.45) is 10.6. The van der Waals surface area contributed by atoms with Gasteiger partial charge in [0.1, 0.15) is 5.76 Å². The van der Waals surface area contributed by atoms with E-state index in [4.69, 9.17) is 8.60 Å². The van der Waals surface area contributed by atoms with Crippen molar-refractivity contribution in [1.29, 1.82) is 0 Å². The summed E-state index contributed by atoms with van der Waals surface area (Å²) in [5.41, 5.74) is 0.750. The first-order valence-corrected chi connectivity index (χ1v) is 8.74. The Morgan fingerprint density at radius 2 is 2.10 bits per heavy atom. The molecule has 0 spiro atoms. The van der Waals surface area contributed by atoms with E-state index in [9.17, 15) is 8.42 Å². The maximum absolute atomic E-state index is 10.9. The van der Waals surface area contributed by atoms with Crippen LogP contribution < -0.4 is 0 Å². The fourth-order valence-corrected chi connectivity index (χ4v) is 2.80. The number of allylic oxidation sites excluding steroid dienone is 1. The maximum Gasteiger partial charge on any atom is 0.264 e. The van der Waals surface area contributed by atoms with Gasteiger partial charge in [0.05, 0.1) is 18.6 Å². The highest BCUT2D eigenvalue weighted by molar-refractivity contribution is 7.85. The van der Waals surface area contributed by atoms with Crippen LogP contribution in [0.2, 0.25) is 0 Å². The molecule has 1 aliphatic carbocycles. The van der Waals surface area contributed by atoms with Gasteiger partial charge in [-0.05, 0) is 31.8 Å². The Balaban J connectivity index is 1.91. The predicted octanol–water partition coefficient (Wildman–Crippen LogP) is 2.71. The first-order valence-electron chi connectivity index (χ1n) is 6.93.